The van der Waals surface area contributed by atoms with Gasteiger partial charge >= 0.3 is 5.97 Å². The topological polar surface area (TPSA) is 61.8 Å². The molecule has 3 unspecified atom stereocenters. The summed E-state index contributed by atoms with van der Waals surface area (Å²) in [5, 5.41) is 12.5. The van der Waals surface area contributed by atoms with Gasteiger partial charge in [0.25, 0.3) is 0 Å². The number of carbonyl (C=O) groups is 1. The van der Waals surface area contributed by atoms with E-state index in [2.05, 4.69) is 10.2 Å². The predicted octanol–water partition coefficient (Wildman–Crippen LogP) is 1.47. The summed E-state index contributed by atoms with van der Waals surface area (Å²) in [5.41, 5.74) is -0.822. The highest BCUT2D eigenvalue weighted by molar-refractivity contribution is 5.78. The Morgan fingerprint density at radius 3 is 2.90 bits per heavy atom. The lowest BCUT2D eigenvalue weighted by molar-refractivity contribution is -0.145. The highest BCUT2D eigenvalue weighted by Crippen LogP contribution is 2.29. The molecule has 0 aromatic carbocycles. The van der Waals surface area contributed by atoms with Crippen molar-refractivity contribution in [1.29, 1.82) is 0 Å². The van der Waals surface area contributed by atoms with Crippen molar-refractivity contribution in [2.24, 2.45) is 0 Å². The van der Waals surface area contributed by atoms with E-state index >= 15 is 0 Å². The Morgan fingerprint density at radius 1 is 1.45 bits per heavy atom. The largest absolute Gasteiger partial charge is 0.480 e. The van der Waals surface area contributed by atoms with Crippen LogP contribution in [0.25, 0.3) is 0 Å². The second kappa shape index (κ2) is 6.87. The summed E-state index contributed by atoms with van der Waals surface area (Å²) < 4.78 is 5.87. The van der Waals surface area contributed by atoms with Crippen LogP contribution >= 0.6 is 0 Å². The molecule has 0 aromatic rings. The van der Waals surface area contributed by atoms with Gasteiger partial charge < -0.3 is 15.2 Å². The molecule has 3 atom stereocenters. The normalized spacial score (nSPS) is 30.5. The third kappa shape index (κ3) is 3.51. The first-order valence-electron chi connectivity index (χ1n) is 7.91. The van der Waals surface area contributed by atoms with Crippen LogP contribution in [0.4, 0.5) is 0 Å². The van der Waals surface area contributed by atoms with Gasteiger partial charge in [0.1, 0.15) is 5.54 Å². The Kier molecular flexibility index (Phi) is 5.41. The molecule has 5 heteroatoms. The van der Waals surface area contributed by atoms with Crippen LogP contribution in [0.15, 0.2) is 0 Å². The molecule has 0 spiro atoms. The summed E-state index contributed by atoms with van der Waals surface area (Å²) in [6, 6.07) is 0.497. The summed E-state index contributed by atoms with van der Waals surface area (Å²) in [4.78, 5) is 13.9. The minimum atomic E-state index is -0.822. The van der Waals surface area contributed by atoms with Crippen LogP contribution in [0.2, 0.25) is 0 Å². The zero-order valence-corrected chi connectivity index (χ0v) is 12.7. The van der Waals surface area contributed by atoms with Gasteiger partial charge in [0.15, 0.2) is 0 Å². The smallest absolute Gasteiger partial charge is 0.323 e. The van der Waals surface area contributed by atoms with E-state index < -0.39 is 11.5 Å². The molecule has 1 heterocycles. The standard InChI is InChI=1S/C15H28N2O3/c1-3-16-15(2,14(18)19)8-9-17-10-11-20-13-7-5-4-6-12(13)17/h12-13,16H,3-11H2,1-2H3,(H,18,19). The molecule has 2 rings (SSSR count). The number of aliphatic carboxylic acids is 1. The van der Waals surface area contributed by atoms with Crippen molar-refractivity contribution >= 4 is 5.97 Å². The van der Waals surface area contributed by atoms with Gasteiger partial charge in [0, 0.05) is 19.1 Å². The Labute approximate surface area is 121 Å². The number of fused-ring (bicyclic) bond motifs is 1. The SMILES string of the molecule is CCNC(C)(CCN1CCOC2CCCCC21)C(=O)O. The fourth-order valence-electron chi connectivity index (χ4n) is 3.48. The van der Waals surface area contributed by atoms with E-state index in [-0.39, 0.29) is 0 Å². The average Bonchev–Trinajstić information content (AvgIpc) is 2.45. The van der Waals surface area contributed by atoms with E-state index in [1.54, 1.807) is 6.92 Å². The summed E-state index contributed by atoms with van der Waals surface area (Å²) in [5.74, 6) is -0.757. The van der Waals surface area contributed by atoms with Gasteiger partial charge in [-0.1, -0.05) is 19.8 Å². The molecule has 5 nitrogen and oxygen atoms in total. The first-order chi connectivity index (χ1) is 9.57. The third-order valence-corrected chi connectivity index (χ3v) is 4.79. The summed E-state index contributed by atoms with van der Waals surface area (Å²) in [7, 11) is 0. The van der Waals surface area contributed by atoms with Crippen LogP contribution in [0.1, 0.15) is 46.0 Å². The van der Waals surface area contributed by atoms with Gasteiger partial charge in [0.05, 0.1) is 12.7 Å². The van der Waals surface area contributed by atoms with Crippen molar-refractivity contribution in [3.63, 3.8) is 0 Å². The highest BCUT2D eigenvalue weighted by Gasteiger charge is 2.37. The number of morpholine rings is 1. The van der Waals surface area contributed by atoms with Crippen molar-refractivity contribution in [3.8, 4) is 0 Å². The van der Waals surface area contributed by atoms with Crippen LogP contribution in [-0.4, -0.2) is 59.9 Å². The van der Waals surface area contributed by atoms with Crippen LogP contribution in [0.5, 0.6) is 0 Å². The van der Waals surface area contributed by atoms with Gasteiger partial charge in [-0.3, -0.25) is 9.69 Å². The number of hydrogen-bond donors (Lipinski definition) is 2. The molecule has 0 amide bonds. The molecule has 1 aliphatic carbocycles. The number of rotatable bonds is 6. The molecule has 2 fully saturated rings. The fraction of sp³-hybridized carbons (Fsp3) is 0.933. The molecule has 116 valence electrons. The predicted molar refractivity (Wildman–Crippen MR) is 77.9 cm³/mol. The summed E-state index contributed by atoms with van der Waals surface area (Å²) in [6.07, 6.45) is 5.89. The van der Waals surface area contributed by atoms with Crippen molar-refractivity contribution in [2.75, 3.05) is 26.2 Å². The van der Waals surface area contributed by atoms with Crippen molar-refractivity contribution in [3.05, 3.63) is 0 Å². The maximum Gasteiger partial charge on any atom is 0.323 e. The van der Waals surface area contributed by atoms with E-state index in [1.165, 1.54) is 19.3 Å². The number of likely N-dealkylation sites (N-methyl/N-ethyl adjacent to an activating group) is 1. The van der Waals surface area contributed by atoms with E-state index in [0.29, 0.717) is 25.1 Å². The molecular weight excluding hydrogens is 256 g/mol. The second-order valence-electron chi connectivity index (χ2n) is 6.21. The van der Waals surface area contributed by atoms with Crippen molar-refractivity contribution < 1.29 is 14.6 Å². The third-order valence-electron chi connectivity index (χ3n) is 4.79. The van der Waals surface area contributed by atoms with Crippen LogP contribution < -0.4 is 5.32 Å². The van der Waals surface area contributed by atoms with Crippen molar-refractivity contribution in [2.45, 2.75) is 63.6 Å². The Hall–Kier alpha value is -0.650. The maximum absolute atomic E-state index is 11.5. The number of nitrogens with zero attached hydrogens (tertiary/aromatic N) is 1. The van der Waals surface area contributed by atoms with Gasteiger partial charge in [-0.2, -0.15) is 0 Å². The number of nitrogens with one attached hydrogen (secondary N) is 1. The zero-order valence-electron chi connectivity index (χ0n) is 12.7. The van der Waals surface area contributed by atoms with Crippen LogP contribution in [0, 0.1) is 0 Å². The Balaban J connectivity index is 1.92. The van der Waals surface area contributed by atoms with E-state index in [1.807, 2.05) is 6.92 Å². The van der Waals surface area contributed by atoms with E-state index in [9.17, 15) is 9.90 Å². The average molecular weight is 284 g/mol. The number of ether oxygens (including phenoxy) is 1. The number of carboxylic acid groups (broad SMARTS) is 1. The molecule has 0 aromatic heterocycles. The van der Waals surface area contributed by atoms with Crippen LogP contribution in [0.3, 0.4) is 0 Å². The molecule has 0 bridgehead atoms. The minimum absolute atomic E-state index is 0.368. The van der Waals surface area contributed by atoms with Gasteiger partial charge in [-0.15, -0.1) is 0 Å². The molecule has 2 aliphatic rings. The zero-order chi connectivity index (χ0) is 14.6. The van der Waals surface area contributed by atoms with E-state index in [4.69, 9.17) is 4.74 Å². The fourth-order valence-corrected chi connectivity index (χ4v) is 3.48. The maximum atomic E-state index is 11.5. The lowest BCUT2D eigenvalue weighted by atomic mass is 9.89. The van der Waals surface area contributed by atoms with Crippen LogP contribution in [-0.2, 0) is 9.53 Å². The Bertz CT molecular complexity index is 335. The molecule has 2 N–H and O–H groups in total. The monoisotopic (exact) mass is 284 g/mol. The van der Waals surface area contributed by atoms with Gasteiger partial charge in [-0.05, 0) is 32.7 Å². The van der Waals surface area contributed by atoms with Gasteiger partial charge in [0.2, 0.25) is 0 Å². The first kappa shape index (κ1) is 15.7. The lowest BCUT2D eigenvalue weighted by Gasteiger charge is -2.44. The second-order valence-corrected chi connectivity index (χ2v) is 6.21. The van der Waals surface area contributed by atoms with Gasteiger partial charge in [-0.25, -0.2) is 0 Å². The lowest BCUT2D eigenvalue weighted by Crippen LogP contribution is -2.56. The quantitative estimate of drug-likeness (QED) is 0.773. The van der Waals surface area contributed by atoms with Crippen molar-refractivity contribution in [1.82, 2.24) is 10.2 Å². The summed E-state index contributed by atoms with van der Waals surface area (Å²) >= 11 is 0. The first-order valence-corrected chi connectivity index (χ1v) is 7.91. The van der Waals surface area contributed by atoms with E-state index in [0.717, 1.165) is 26.1 Å². The molecule has 0 radical (unpaired) electrons. The molecular formula is C15H28N2O3. The summed E-state index contributed by atoms with van der Waals surface area (Å²) in [6.45, 7) is 6.97. The number of carboxylic acids is 1. The molecule has 1 saturated heterocycles. The molecule has 1 aliphatic heterocycles. The molecule has 1 saturated carbocycles. The minimum Gasteiger partial charge on any atom is -0.480 e. The highest BCUT2D eigenvalue weighted by atomic mass is 16.5. The molecule has 20 heavy (non-hydrogen) atoms. The Morgan fingerprint density at radius 2 is 2.20 bits per heavy atom. The number of hydrogen-bond acceptors (Lipinski definition) is 4.